The number of rotatable bonds is 7. The molecule has 0 unspecified atom stereocenters. The second kappa shape index (κ2) is 8.72. The van der Waals surface area contributed by atoms with Crippen molar-refractivity contribution in [3.63, 3.8) is 0 Å². The van der Waals surface area contributed by atoms with Crippen LogP contribution in [0.4, 0.5) is 28.8 Å². The van der Waals surface area contributed by atoms with Gasteiger partial charge in [0.1, 0.15) is 5.82 Å². The summed E-state index contributed by atoms with van der Waals surface area (Å²) in [6.45, 7) is 1.46. The van der Waals surface area contributed by atoms with Gasteiger partial charge in [-0.3, -0.25) is 4.79 Å². The Morgan fingerprint density at radius 1 is 0.893 bits per heavy atom. The lowest BCUT2D eigenvalue weighted by atomic mass is 10.2. The summed E-state index contributed by atoms with van der Waals surface area (Å²) in [5, 5.41) is 9.08. The fourth-order valence-electron chi connectivity index (χ4n) is 2.56. The van der Waals surface area contributed by atoms with Gasteiger partial charge in [-0.25, -0.2) is 4.98 Å². The summed E-state index contributed by atoms with van der Waals surface area (Å²) in [5.41, 5.74) is 2.25. The summed E-state index contributed by atoms with van der Waals surface area (Å²) >= 11 is 0. The molecule has 0 bridgehead atoms. The molecule has 0 aliphatic carbocycles. The highest BCUT2D eigenvalue weighted by atomic mass is 16.5. The van der Waals surface area contributed by atoms with Crippen molar-refractivity contribution in [2.75, 3.05) is 30.2 Å². The van der Waals surface area contributed by atoms with Crippen molar-refractivity contribution < 1.29 is 14.3 Å². The van der Waals surface area contributed by atoms with Crippen LogP contribution >= 0.6 is 0 Å². The zero-order valence-corrected chi connectivity index (χ0v) is 15.8. The minimum Gasteiger partial charge on any atom is -0.493 e. The lowest BCUT2D eigenvalue weighted by Crippen LogP contribution is -2.06. The first-order valence-electron chi connectivity index (χ1n) is 8.54. The van der Waals surface area contributed by atoms with Crippen molar-refractivity contribution in [2.45, 2.75) is 6.92 Å². The van der Waals surface area contributed by atoms with Gasteiger partial charge in [0.25, 0.3) is 0 Å². The molecule has 0 aliphatic rings. The van der Waals surface area contributed by atoms with Crippen molar-refractivity contribution in [1.29, 1.82) is 0 Å². The largest absolute Gasteiger partial charge is 0.493 e. The average Bonchev–Trinajstić information content (AvgIpc) is 2.68. The van der Waals surface area contributed by atoms with Crippen LogP contribution in [0.1, 0.15) is 6.92 Å². The molecule has 0 fully saturated rings. The fourth-order valence-corrected chi connectivity index (χ4v) is 2.56. The van der Waals surface area contributed by atoms with Crippen molar-refractivity contribution >= 4 is 34.7 Å². The number of methoxy groups -OCH3 is 2. The van der Waals surface area contributed by atoms with Crippen molar-refractivity contribution in [1.82, 2.24) is 9.97 Å². The maximum Gasteiger partial charge on any atom is 0.229 e. The van der Waals surface area contributed by atoms with E-state index in [1.54, 1.807) is 32.5 Å². The molecule has 0 saturated heterocycles. The summed E-state index contributed by atoms with van der Waals surface area (Å²) in [4.78, 5) is 19.9. The smallest absolute Gasteiger partial charge is 0.229 e. The normalized spacial score (nSPS) is 10.1. The maximum absolute atomic E-state index is 11.2. The predicted molar refractivity (Wildman–Crippen MR) is 109 cm³/mol. The van der Waals surface area contributed by atoms with E-state index in [2.05, 4.69) is 25.9 Å². The molecule has 2 aromatic carbocycles. The van der Waals surface area contributed by atoms with E-state index in [4.69, 9.17) is 9.47 Å². The quantitative estimate of drug-likeness (QED) is 0.572. The standard InChI is InChI=1S/C20H21N5O3/c1-13(26)22-14-5-4-6-15(11-14)24-20-21-10-9-19(25-20)23-16-7-8-17(27-2)18(12-16)28-3/h4-12H,1-3H3,(H,22,26)(H2,21,23,24,25). The predicted octanol–water partition coefficient (Wildman–Crippen LogP) is 3.94. The van der Waals surface area contributed by atoms with Crippen LogP contribution in [0.25, 0.3) is 0 Å². The summed E-state index contributed by atoms with van der Waals surface area (Å²) < 4.78 is 10.6. The van der Waals surface area contributed by atoms with Gasteiger partial charge in [0.2, 0.25) is 11.9 Å². The molecule has 28 heavy (non-hydrogen) atoms. The van der Waals surface area contributed by atoms with Gasteiger partial charge >= 0.3 is 0 Å². The molecule has 8 heteroatoms. The highest BCUT2D eigenvalue weighted by Gasteiger charge is 2.06. The minimum atomic E-state index is -0.130. The van der Waals surface area contributed by atoms with Crippen molar-refractivity contribution in [3.8, 4) is 11.5 Å². The molecule has 3 rings (SSSR count). The minimum absolute atomic E-state index is 0.130. The highest BCUT2D eigenvalue weighted by Crippen LogP contribution is 2.31. The third-order valence-electron chi connectivity index (χ3n) is 3.75. The van der Waals surface area contributed by atoms with E-state index in [0.29, 0.717) is 29.0 Å². The van der Waals surface area contributed by atoms with Crippen LogP contribution in [-0.4, -0.2) is 30.1 Å². The highest BCUT2D eigenvalue weighted by molar-refractivity contribution is 5.89. The number of hydrogen-bond acceptors (Lipinski definition) is 7. The summed E-state index contributed by atoms with van der Waals surface area (Å²) in [6, 6.07) is 14.6. The number of amides is 1. The summed E-state index contributed by atoms with van der Waals surface area (Å²) in [5.74, 6) is 2.18. The van der Waals surface area contributed by atoms with Crippen LogP contribution in [0.3, 0.4) is 0 Å². The SMILES string of the molecule is COc1ccc(Nc2ccnc(Nc3cccc(NC(C)=O)c3)n2)cc1OC. The number of benzene rings is 2. The Morgan fingerprint density at radius 2 is 1.64 bits per heavy atom. The van der Waals surface area contributed by atoms with Gasteiger partial charge < -0.3 is 25.4 Å². The van der Waals surface area contributed by atoms with Crippen LogP contribution in [0.2, 0.25) is 0 Å². The Labute approximate surface area is 162 Å². The van der Waals surface area contributed by atoms with Gasteiger partial charge in [-0.1, -0.05) is 6.07 Å². The van der Waals surface area contributed by atoms with Crippen LogP contribution in [-0.2, 0) is 4.79 Å². The van der Waals surface area contributed by atoms with Gasteiger partial charge in [0.05, 0.1) is 14.2 Å². The third kappa shape index (κ3) is 4.88. The molecular formula is C20H21N5O3. The number of nitrogens with zero attached hydrogens (tertiary/aromatic N) is 2. The van der Waals surface area contributed by atoms with E-state index >= 15 is 0 Å². The summed E-state index contributed by atoms with van der Waals surface area (Å²) in [7, 11) is 3.18. The molecule has 3 N–H and O–H groups in total. The molecule has 1 amide bonds. The number of carbonyl (C=O) groups is 1. The van der Waals surface area contributed by atoms with E-state index < -0.39 is 0 Å². The molecule has 0 spiro atoms. The molecule has 1 heterocycles. The maximum atomic E-state index is 11.2. The van der Waals surface area contributed by atoms with Crippen LogP contribution in [0.15, 0.2) is 54.7 Å². The van der Waals surface area contributed by atoms with Crippen LogP contribution in [0.5, 0.6) is 11.5 Å². The Balaban J connectivity index is 1.75. The van der Waals surface area contributed by atoms with Gasteiger partial charge in [-0.05, 0) is 36.4 Å². The molecule has 0 atom stereocenters. The van der Waals surface area contributed by atoms with Gasteiger partial charge in [-0.2, -0.15) is 4.98 Å². The second-order valence-electron chi connectivity index (χ2n) is 5.85. The molecule has 0 saturated carbocycles. The third-order valence-corrected chi connectivity index (χ3v) is 3.75. The van der Waals surface area contributed by atoms with Crippen LogP contribution in [0, 0.1) is 0 Å². The Bertz CT molecular complexity index is 978. The first-order valence-corrected chi connectivity index (χ1v) is 8.54. The molecule has 1 aromatic heterocycles. The number of ether oxygens (including phenoxy) is 2. The molecule has 144 valence electrons. The van der Waals surface area contributed by atoms with Gasteiger partial charge in [0.15, 0.2) is 11.5 Å². The Hall–Kier alpha value is -3.81. The van der Waals surface area contributed by atoms with E-state index in [0.717, 1.165) is 11.4 Å². The number of carbonyl (C=O) groups excluding carboxylic acids is 1. The van der Waals surface area contributed by atoms with Crippen molar-refractivity contribution in [3.05, 3.63) is 54.7 Å². The number of aromatic nitrogens is 2. The number of nitrogens with one attached hydrogen (secondary N) is 3. The van der Waals surface area contributed by atoms with Crippen molar-refractivity contribution in [2.24, 2.45) is 0 Å². The first kappa shape index (κ1) is 19.0. The molecule has 8 nitrogen and oxygen atoms in total. The molecule has 0 aliphatic heterocycles. The van der Waals surface area contributed by atoms with Gasteiger partial charge in [-0.15, -0.1) is 0 Å². The van der Waals surface area contributed by atoms with E-state index in [1.807, 2.05) is 36.4 Å². The Morgan fingerprint density at radius 3 is 2.39 bits per heavy atom. The molecular weight excluding hydrogens is 358 g/mol. The lowest BCUT2D eigenvalue weighted by molar-refractivity contribution is -0.114. The summed E-state index contributed by atoms with van der Waals surface area (Å²) in [6.07, 6.45) is 1.65. The second-order valence-corrected chi connectivity index (χ2v) is 5.85. The average molecular weight is 379 g/mol. The number of anilines is 5. The zero-order valence-electron chi connectivity index (χ0n) is 15.8. The van der Waals surface area contributed by atoms with E-state index in [-0.39, 0.29) is 5.91 Å². The first-order chi connectivity index (χ1) is 13.6. The topological polar surface area (TPSA) is 97.4 Å². The Kier molecular flexibility index (Phi) is 5.91. The van der Waals surface area contributed by atoms with Crippen LogP contribution < -0.4 is 25.4 Å². The molecule has 3 aromatic rings. The monoisotopic (exact) mass is 379 g/mol. The van der Waals surface area contributed by atoms with Gasteiger partial charge in [0, 0.05) is 36.2 Å². The zero-order chi connectivity index (χ0) is 19.9. The number of hydrogen-bond donors (Lipinski definition) is 3. The lowest BCUT2D eigenvalue weighted by Gasteiger charge is -2.12. The molecule has 0 radical (unpaired) electrons. The van der Waals surface area contributed by atoms with E-state index in [1.165, 1.54) is 6.92 Å². The fraction of sp³-hybridized carbons (Fsp3) is 0.150. The van der Waals surface area contributed by atoms with E-state index in [9.17, 15) is 4.79 Å².